The summed E-state index contributed by atoms with van der Waals surface area (Å²) in [6, 6.07) is -3.26. The zero-order chi connectivity index (χ0) is 17.1. The van der Waals surface area contributed by atoms with Crippen LogP contribution in [-0.2, 0) is 9.59 Å². The van der Waals surface area contributed by atoms with Gasteiger partial charge in [0.2, 0.25) is 0 Å². The van der Waals surface area contributed by atoms with E-state index in [1.165, 1.54) is 0 Å². The van der Waals surface area contributed by atoms with E-state index >= 15 is 0 Å². The molecule has 0 rings (SSSR count). The quantitative estimate of drug-likeness (QED) is 0.175. The van der Waals surface area contributed by atoms with Gasteiger partial charge in [0, 0.05) is 6.42 Å². The molecule has 0 aliphatic rings. The van der Waals surface area contributed by atoms with Gasteiger partial charge >= 0.3 is 18.0 Å². The second-order valence-corrected chi connectivity index (χ2v) is 4.75. The monoisotopic (exact) mass is 321 g/mol. The normalized spacial score (nSPS) is 13.5. The van der Waals surface area contributed by atoms with Crippen LogP contribution in [0, 0.1) is 0 Å². The van der Waals surface area contributed by atoms with Crippen molar-refractivity contribution >= 4 is 18.0 Å². The molecule has 0 aliphatic carbocycles. The molecule has 0 saturated heterocycles. The first-order valence-electron chi connectivity index (χ1n) is 6.85. The van der Waals surface area contributed by atoms with Gasteiger partial charge in [0.05, 0.1) is 6.04 Å². The Morgan fingerprint density at radius 2 is 1.64 bits per heavy atom. The summed E-state index contributed by atoms with van der Waals surface area (Å²) < 4.78 is 0. The third-order valence-corrected chi connectivity index (χ3v) is 2.90. The Morgan fingerprint density at radius 1 is 1.00 bits per heavy atom. The van der Waals surface area contributed by atoms with E-state index in [2.05, 4.69) is 10.6 Å². The minimum Gasteiger partial charge on any atom is -0.481 e. The number of aliphatic hydroxyl groups excluding tert-OH is 1. The zero-order valence-corrected chi connectivity index (χ0v) is 12.1. The zero-order valence-electron chi connectivity index (χ0n) is 12.1. The van der Waals surface area contributed by atoms with Crippen molar-refractivity contribution in [1.29, 1.82) is 0 Å². The van der Waals surface area contributed by atoms with Crippen LogP contribution in [0.2, 0.25) is 0 Å². The van der Waals surface area contributed by atoms with Crippen LogP contribution in [0.4, 0.5) is 4.79 Å². The van der Waals surface area contributed by atoms with E-state index in [0.29, 0.717) is 19.4 Å². The molecule has 0 radical (unpaired) electrons. The minimum atomic E-state index is -1.95. The van der Waals surface area contributed by atoms with Crippen molar-refractivity contribution in [2.24, 2.45) is 5.73 Å². The van der Waals surface area contributed by atoms with Crippen molar-refractivity contribution < 1.29 is 34.8 Å². The summed E-state index contributed by atoms with van der Waals surface area (Å²) in [5.41, 5.74) is 5.30. The molecule has 0 unspecified atom stereocenters. The summed E-state index contributed by atoms with van der Waals surface area (Å²) in [7, 11) is 0. The van der Waals surface area contributed by atoms with E-state index in [9.17, 15) is 14.4 Å². The van der Waals surface area contributed by atoms with E-state index in [0.717, 1.165) is 0 Å². The molecule has 0 saturated carbocycles. The topological polar surface area (TPSA) is 182 Å². The lowest BCUT2D eigenvalue weighted by atomic mass is 10.1. The number of carbonyl (C=O) groups is 3. The van der Waals surface area contributed by atoms with Gasteiger partial charge < -0.3 is 36.8 Å². The summed E-state index contributed by atoms with van der Waals surface area (Å²) in [5, 5.41) is 40.0. The average Bonchev–Trinajstić information content (AvgIpc) is 2.41. The number of unbranched alkanes of at least 4 members (excludes halogenated alkanes) is 1. The molecule has 10 nitrogen and oxygen atoms in total. The van der Waals surface area contributed by atoms with Crippen LogP contribution in [-0.4, -0.2) is 63.3 Å². The first kappa shape index (κ1) is 20.1. The smallest absolute Gasteiger partial charge is 0.326 e. The first-order valence-corrected chi connectivity index (χ1v) is 6.85. The molecular formula is C12H23N3O7. The highest BCUT2D eigenvalue weighted by molar-refractivity contribution is 5.82. The van der Waals surface area contributed by atoms with Gasteiger partial charge in [-0.05, 0) is 32.2 Å². The number of aliphatic hydroxyl groups is 2. The van der Waals surface area contributed by atoms with Gasteiger partial charge in [-0.15, -0.1) is 0 Å². The second-order valence-electron chi connectivity index (χ2n) is 4.75. The van der Waals surface area contributed by atoms with Crippen LogP contribution in [0.15, 0.2) is 0 Å². The van der Waals surface area contributed by atoms with Gasteiger partial charge in [-0.1, -0.05) is 0 Å². The SMILES string of the molecule is NCCCC[C@H](NC(=O)N[C@@H](CCC(=O)O)C(O)O)C(=O)O. The Balaban J connectivity index is 4.44. The second kappa shape index (κ2) is 10.8. The maximum atomic E-state index is 11.7. The lowest BCUT2D eigenvalue weighted by molar-refractivity contribution is -0.139. The summed E-state index contributed by atoms with van der Waals surface area (Å²) in [6.07, 6.45) is -1.22. The molecule has 0 fully saturated rings. The summed E-state index contributed by atoms with van der Waals surface area (Å²) in [5.74, 6) is -2.38. The predicted octanol–water partition coefficient (Wildman–Crippen LogP) is -1.59. The average molecular weight is 321 g/mol. The number of rotatable bonds is 11. The van der Waals surface area contributed by atoms with Gasteiger partial charge in [0.1, 0.15) is 6.04 Å². The van der Waals surface area contributed by atoms with Gasteiger partial charge in [-0.2, -0.15) is 0 Å². The Bertz CT molecular complexity index is 376. The van der Waals surface area contributed by atoms with Crippen LogP contribution < -0.4 is 16.4 Å². The molecule has 0 aliphatic heterocycles. The summed E-state index contributed by atoms with van der Waals surface area (Å²) in [4.78, 5) is 33.1. The molecule has 0 aromatic rings. The molecule has 0 spiro atoms. The summed E-state index contributed by atoms with van der Waals surface area (Å²) in [6.45, 7) is 0.409. The van der Waals surface area contributed by atoms with E-state index in [-0.39, 0.29) is 19.3 Å². The highest BCUT2D eigenvalue weighted by Crippen LogP contribution is 2.03. The highest BCUT2D eigenvalue weighted by atomic mass is 16.5. The fourth-order valence-corrected chi connectivity index (χ4v) is 1.69. The van der Waals surface area contributed by atoms with Gasteiger partial charge in [-0.3, -0.25) is 4.79 Å². The molecule has 128 valence electrons. The lowest BCUT2D eigenvalue weighted by Crippen LogP contribution is -2.52. The van der Waals surface area contributed by atoms with Crippen molar-refractivity contribution in [3.8, 4) is 0 Å². The van der Waals surface area contributed by atoms with E-state index in [1.54, 1.807) is 0 Å². The van der Waals surface area contributed by atoms with Crippen LogP contribution in [0.3, 0.4) is 0 Å². The lowest BCUT2D eigenvalue weighted by Gasteiger charge is -2.22. The van der Waals surface area contributed by atoms with Crippen LogP contribution in [0.1, 0.15) is 32.1 Å². The van der Waals surface area contributed by atoms with Gasteiger partial charge in [0.15, 0.2) is 6.29 Å². The minimum absolute atomic E-state index is 0.182. The number of carbonyl (C=O) groups excluding carboxylic acids is 1. The number of nitrogens with two attached hydrogens (primary N) is 1. The van der Waals surface area contributed by atoms with Crippen molar-refractivity contribution in [3.05, 3.63) is 0 Å². The molecule has 0 aromatic carbocycles. The maximum absolute atomic E-state index is 11.7. The number of carboxylic acids is 2. The number of hydrogen-bond donors (Lipinski definition) is 7. The Hall–Kier alpha value is -1.91. The molecule has 0 heterocycles. The molecule has 0 bridgehead atoms. The maximum Gasteiger partial charge on any atom is 0.326 e. The standard InChI is InChI=1S/C12H23N3O7/c13-6-2-1-3-7(10(18)19)14-12(22)15-8(11(20)21)4-5-9(16)17/h7-8,11,20-21H,1-6,13H2,(H,16,17)(H,18,19)(H2,14,15,22)/t7-,8-/m0/s1. The fraction of sp³-hybridized carbons (Fsp3) is 0.750. The third kappa shape index (κ3) is 9.10. The number of hydrogen-bond acceptors (Lipinski definition) is 6. The Kier molecular flexibility index (Phi) is 9.83. The number of carboxylic acid groups (broad SMARTS) is 2. The predicted molar refractivity (Wildman–Crippen MR) is 74.9 cm³/mol. The van der Waals surface area contributed by atoms with Crippen molar-refractivity contribution in [3.63, 3.8) is 0 Å². The molecule has 0 aromatic heterocycles. The largest absolute Gasteiger partial charge is 0.481 e. The number of aliphatic carboxylic acids is 2. The molecular weight excluding hydrogens is 298 g/mol. The molecule has 10 heteroatoms. The van der Waals surface area contributed by atoms with E-state index in [1.807, 2.05) is 0 Å². The van der Waals surface area contributed by atoms with Crippen LogP contribution in [0.5, 0.6) is 0 Å². The van der Waals surface area contributed by atoms with E-state index < -0.39 is 36.3 Å². The van der Waals surface area contributed by atoms with Crippen LogP contribution in [0.25, 0.3) is 0 Å². The first-order chi connectivity index (χ1) is 10.3. The van der Waals surface area contributed by atoms with Crippen molar-refractivity contribution in [2.75, 3.05) is 6.54 Å². The Morgan fingerprint density at radius 3 is 2.09 bits per heavy atom. The van der Waals surface area contributed by atoms with Crippen molar-refractivity contribution in [1.82, 2.24) is 10.6 Å². The van der Waals surface area contributed by atoms with Gasteiger partial charge in [0.25, 0.3) is 0 Å². The highest BCUT2D eigenvalue weighted by Gasteiger charge is 2.24. The summed E-state index contributed by atoms with van der Waals surface area (Å²) >= 11 is 0. The number of nitrogens with one attached hydrogen (secondary N) is 2. The molecule has 2 atom stereocenters. The molecule has 8 N–H and O–H groups in total. The molecule has 2 amide bonds. The van der Waals surface area contributed by atoms with Crippen LogP contribution >= 0.6 is 0 Å². The fourth-order valence-electron chi connectivity index (χ4n) is 1.69. The molecule has 22 heavy (non-hydrogen) atoms. The number of urea groups is 1. The van der Waals surface area contributed by atoms with E-state index in [4.69, 9.17) is 26.2 Å². The number of amides is 2. The van der Waals surface area contributed by atoms with Gasteiger partial charge in [-0.25, -0.2) is 9.59 Å². The Labute approximate surface area is 127 Å². The third-order valence-electron chi connectivity index (χ3n) is 2.90. The van der Waals surface area contributed by atoms with Crippen molar-refractivity contribution in [2.45, 2.75) is 50.5 Å².